The summed E-state index contributed by atoms with van der Waals surface area (Å²) in [5.74, 6) is -0.150. The third-order valence-electron chi connectivity index (χ3n) is 4.31. The number of esters is 1. The molecule has 1 heterocycles. The van der Waals surface area contributed by atoms with Crippen molar-refractivity contribution in [1.29, 1.82) is 0 Å². The summed E-state index contributed by atoms with van der Waals surface area (Å²) < 4.78 is 7.23. The smallest absolute Gasteiger partial charge is 0.326 e. The van der Waals surface area contributed by atoms with E-state index in [-0.39, 0.29) is 12.0 Å². The Labute approximate surface area is 120 Å². The fourth-order valence-electron chi connectivity index (χ4n) is 3.26. The zero-order valence-electron chi connectivity index (χ0n) is 13.1. The number of hydrogen-bond acceptors (Lipinski definition) is 4. The fourth-order valence-corrected chi connectivity index (χ4v) is 3.26. The van der Waals surface area contributed by atoms with Crippen molar-refractivity contribution in [2.75, 3.05) is 7.11 Å². The van der Waals surface area contributed by atoms with E-state index < -0.39 is 5.54 Å². The van der Waals surface area contributed by atoms with Crippen molar-refractivity contribution >= 4 is 5.97 Å². The lowest BCUT2D eigenvalue weighted by molar-refractivity contribution is -0.148. The molecule has 1 aliphatic rings. The Morgan fingerprint density at radius 2 is 2.25 bits per heavy atom. The number of carbonyl (C=O) groups is 1. The van der Waals surface area contributed by atoms with Crippen molar-refractivity contribution < 1.29 is 9.53 Å². The first-order valence-corrected chi connectivity index (χ1v) is 7.26. The summed E-state index contributed by atoms with van der Waals surface area (Å²) in [6.07, 6.45) is 4.41. The molecule has 1 aromatic heterocycles. The molecule has 1 saturated carbocycles. The highest BCUT2D eigenvalue weighted by Gasteiger charge is 2.47. The first-order chi connectivity index (χ1) is 9.39. The summed E-state index contributed by atoms with van der Waals surface area (Å²) >= 11 is 0. The second-order valence-corrected chi connectivity index (χ2v) is 6.09. The van der Waals surface area contributed by atoms with Gasteiger partial charge in [-0.2, -0.15) is 0 Å². The lowest BCUT2D eigenvalue weighted by Gasteiger charge is -2.30. The van der Waals surface area contributed by atoms with Crippen LogP contribution >= 0.6 is 0 Å². The van der Waals surface area contributed by atoms with Crippen LogP contribution in [0.2, 0.25) is 0 Å². The molecule has 0 saturated heterocycles. The third kappa shape index (κ3) is 2.59. The SMILES string of the molecule is COC(=O)C1(NC(C)C)CCC(n2cnc(C)c2C)C1. The van der Waals surface area contributed by atoms with Crippen LogP contribution in [0, 0.1) is 13.8 Å². The van der Waals surface area contributed by atoms with Crippen molar-refractivity contribution in [3.05, 3.63) is 17.7 Å². The van der Waals surface area contributed by atoms with Crippen molar-refractivity contribution in [3.8, 4) is 0 Å². The number of imidazole rings is 1. The maximum absolute atomic E-state index is 12.2. The molecule has 0 radical (unpaired) electrons. The van der Waals surface area contributed by atoms with E-state index in [1.165, 1.54) is 12.8 Å². The number of rotatable bonds is 4. The highest BCUT2D eigenvalue weighted by Crippen LogP contribution is 2.39. The predicted molar refractivity (Wildman–Crippen MR) is 77.6 cm³/mol. The molecule has 0 bridgehead atoms. The maximum atomic E-state index is 12.2. The van der Waals surface area contributed by atoms with Gasteiger partial charge in [-0.15, -0.1) is 0 Å². The molecule has 1 aromatic rings. The molecule has 1 aliphatic carbocycles. The van der Waals surface area contributed by atoms with Crippen LogP contribution in [0.15, 0.2) is 6.33 Å². The largest absolute Gasteiger partial charge is 0.468 e. The normalized spacial score (nSPS) is 26.2. The summed E-state index contributed by atoms with van der Waals surface area (Å²) in [4.78, 5) is 16.6. The zero-order chi connectivity index (χ0) is 14.9. The minimum Gasteiger partial charge on any atom is -0.468 e. The molecule has 20 heavy (non-hydrogen) atoms. The molecular weight excluding hydrogens is 254 g/mol. The van der Waals surface area contributed by atoms with Gasteiger partial charge in [-0.25, -0.2) is 4.98 Å². The monoisotopic (exact) mass is 279 g/mol. The number of hydrogen-bond donors (Lipinski definition) is 1. The average molecular weight is 279 g/mol. The Bertz CT molecular complexity index is 495. The highest BCUT2D eigenvalue weighted by molar-refractivity contribution is 5.81. The van der Waals surface area contributed by atoms with Crippen molar-refractivity contribution in [1.82, 2.24) is 14.9 Å². The molecule has 1 fully saturated rings. The van der Waals surface area contributed by atoms with Gasteiger partial charge in [-0.05, 0) is 47.0 Å². The van der Waals surface area contributed by atoms with Crippen LogP contribution in [0.3, 0.4) is 0 Å². The highest BCUT2D eigenvalue weighted by atomic mass is 16.5. The topological polar surface area (TPSA) is 56.1 Å². The Hall–Kier alpha value is -1.36. The van der Waals surface area contributed by atoms with Gasteiger partial charge < -0.3 is 9.30 Å². The first-order valence-electron chi connectivity index (χ1n) is 7.26. The van der Waals surface area contributed by atoms with Crippen molar-refractivity contribution in [3.63, 3.8) is 0 Å². The Balaban J connectivity index is 2.23. The number of methoxy groups -OCH3 is 1. The van der Waals surface area contributed by atoms with E-state index in [1.807, 2.05) is 13.3 Å². The number of carbonyl (C=O) groups excluding carboxylic acids is 1. The number of nitrogens with one attached hydrogen (secondary N) is 1. The molecule has 0 aromatic carbocycles. The van der Waals surface area contributed by atoms with E-state index in [0.717, 1.165) is 25.0 Å². The van der Waals surface area contributed by atoms with Crippen LogP contribution in [0.4, 0.5) is 0 Å². The van der Waals surface area contributed by atoms with Gasteiger partial charge in [0.1, 0.15) is 5.54 Å². The molecule has 5 nitrogen and oxygen atoms in total. The molecule has 0 amide bonds. The summed E-state index contributed by atoms with van der Waals surface area (Å²) in [6.45, 7) is 8.21. The second kappa shape index (κ2) is 5.56. The number of aryl methyl sites for hydroxylation is 1. The molecule has 112 valence electrons. The third-order valence-corrected chi connectivity index (χ3v) is 4.31. The van der Waals surface area contributed by atoms with Gasteiger partial charge in [0.25, 0.3) is 0 Å². The molecule has 2 atom stereocenters. The Morgan fingerprint density at radius 3 is 2.75 bits per heavy atom. The van der Waals surface area contributed by atoms with Gasteiger partial charge in [0.15, 0.2) is 0 Å². The van der Waals surface area contributed by atoms with E-state index in [1.54, 1.807) is 0 Å². The van der Waals surface area contributed by atoms with E-state index >= 15 is 0 Å². The molecule has 2 unspecified atom stereocenters. The van der Waals surface area contributed by atoms with Gasteiger partial charge in [0.2, 0.25) is 0 Å². The van der Waals surface area contributed by atoms with Gasteiger partial charge in [0.05, 0.1) is 19.1 Å². The second-order valence-electron chi connectivity index (χ2n) is 6.09. The van der Waals surface area contributed by atoms with Crippen LogP contribution in [0.25, 0.3) is 0 Å². The van der Waals surface area contributed by atoms with Gasteiger partial charge >= 0.3 is 5.97 Å². The van der Waals surface area contributed by atoms with Crippen LogP contribution in [-0.2, 0) is 9.53 Å². The van der Waals surface area contributed by atoms with E-state index in [4.69, 9.17) is 4.74 Å². The summed E-state index contributed by atoms with van der Waals surface area (Å²) in [5, 5.41) is 3.42. The first kappa shape index (κ1) is 15.0. The lowest BCUT2D eigenvalue weighted by atomic mass is 9.96. The van der Waals surface area contributed by atoms with Crippen LogP contribution in [0.5, 0.6) is 0 Å². The zero-order valence-corrected chi connectivity index (χ0v) is 13.1. The predicted octanol–water partition coefficient (Wildman–Crippen LogP) is 2.13. The van der Waals surface area contributed by atoms with E-state index in [0.29, 0.717) is 6.04 Å². The lowest BCUT2D eigenvalue weighted by Crippen LogP contribution is -2.53. The van der Waals surface area contributed by atoms with E-state index in [9.17, 15) is 4.79 Å². The van der Waals surface area contributed by atoms with Crippen molar-refractivity contribution in [2.45, 2.75) is 64.6 Å². The molecule has 2 rings (SSSR count). The summed E-state index contributed by atoms with van der Waals surface area (Å²) in [5.41, 5.74) is 1.68. The van der Waals surface area contributed by atoms with Gasteiger partial charge in [-0.1, -0.05) is 0 Å². The minimum atomic E-state index is -0.557. The number of aromatic nitrogens is 2. The van der Waals surface area contributed by atoms with Gasteiger partial charge in [0, 0.05) is 17.8 Å². The Kier molecular flexibility index (Phi) is 4.18. The average Bonchev–Trinajstić information content (AvgIpc) is 2.94. The minimum absolute atomic E-state index is 0.150. The Morgan fingerprint density at radius 1 is 1.55 bits per heavy atom. The van der Waals surface area contributed by atoms with Crippen LogP contribution in [-0.4, -0.2) is 34.2 Å². The van der Waals surface area contributed by atoms with Crippen LogP contribution < -0.4 is 5.32 Å². The summed E-state index contributed by atoms with van der Waals surface area (Å²) in [7, 11) is 1.46. The standard InChI is InChI=1S/C15H25N3O2/c1-10(2)17-15(14(19)20-5)7-6-13(8-15)18-9-16-11(3)12(18)4/h9-10,13,17H,6-8H2,1-5H3. The van der Waals surface area contributed by atoms with Crippen molar-refractivity contribution in [2.24, 2.45) is 0 Å². The molecule has 5 heteroatoms. The maximum Gasteiger partial charge on any atom is 0.326 e. The van der Waals surface area contributed by atoms with Gasteiger partial charge in [-0.3, -0.25) is 10.1 Å². The summed E-state index contributed by atoms with van der Waals surface area (Å²) in [6, 6.07) is 0.556. The molecular formula is C15H25N3O2. The number of nitrogens with zero attached hydrogens (tertiary/aromatic N) is 2. The molecule has 0 spiro atoms. The quantitative estimate of drug-likeness (QED) is 0.858. The fraction of sp³-hybridized carbons (Fsp3) is 0.733. The number of ether oxygens (including phenoxy) is 1. The van der Waals surface area contributed by atoms with Crippen LogP contribution in [0.1, 0.15) is 50.5 Å². The van der Waals surface area contributed by atoms with E-state index in [2.05, 4.69) is 35.6 Å². The molecule has 1 N–H and O–H groups in total. The molecule has 0 aliphatic heterocycles.